The molecular weight excluding hydrogens is 456 g/mol. The standard InChI is InChI=1S/C30H36O6/c1-29(2,3)36-28(31)9-7-8-21-20-24(14-19-27(21)35-6)30(32,22-10-15-25(33-4)16-11-22)23-12-17-26(34-5)18-13-23/h10-20,32H,7-9H2,1-6H3. The number of esters is 1. The van der Waals surface area contributed by atoms with Gasteiger partial charge < -0.3 is 24.1 Å². The first-order valence-electron chi connectivity index (χ1n) is 12.0. The van der Waals surface area contributed by atoms with Crippen molar-refractivity contribution < 1.29 is 28.8 Å². The highest BCUT2D eigenvalue weighted by molar-refractivity contribution is 5.69. The average molecular weight is 493 g/mol. The average Bonchev–Trinajstić information content (AvgIpc) is 2.87. The van der Waals surface area contributed by atoms with Gasteiger partial charge in [-0.3, -0.25) is 4.79 Å². The molecule has 1 N–H and O–H groups in total. The quantitative estimate of drug-likeness (QED) is 0.291. The summed E-state index contributed by atoms with van der Waals surface area (Å²) in [5.41, 5.74) is 1.02. The second-order valence-corrected chi connectivity index (χ2v) is 9.63. The highest BCUT2D eigenvalue weighted by Gasteiger charge is 2.34. The molecular formula is C30H36O6. The Kier molecular flexibility index (Phi) is 8.64. The molecule has 192 valence electrons. The fourth-order valence-electron chi connectivity index (χ4n) is 4.18. The Morgan fingerprint density at radius 3 is 1.69 bits per heavy atom. The van der Waals surface area contributed by atoms with Crippen molar-refractivity contribution in [2.24, 2.45) is 0 Å². The van der Waals surface area contributed by atoms with E-state index in [2.05, 4.69) is 0 Å². The number of methoxy groups -OCH3 is 3. The van der Waals surface area contributed by atoms with E-state index >= 15 is 0 Å². The van der Waals surface area contributed by atoms with E-state index in [-0.39, 0.29) is 5.97 Å². The molecule has 0 aromatic heterocycles. The molecule has 0 saturated heterocycles. The summed E-state index contributed by atoms with van der Waals surface area (Å²) in [7, 11) is 4.83. The molecule has 3 rings (SSSR count). The zero-order valence-corrected chi connectivity index (χ0v) is 22.0. The molecule has 0 heterocycles. The van der Waals surface area contributed by atoms with Crippen LogP contribution in [0.2, 0.25) is 0 Å². The van der Waals surface area contributed by atoms with E-state index in [1.807, 2.05) is 87.5 Å². The Morgan fingerprint density at radius 1 is 0.750 bits per heavy atom. The normalized spacial score (nSPS) is 11.6. The number of carbonyl (C=O) groups excluding carboxylic acids is 1. The van der Waals surface area contributed by atoms with E-state index in [1.165, 1.54) is 0 Å². The van der Waals surface area contributed by atoms with Gasteiger partial charge in [0.15, 0.2) is 0 Å². The van der Waals surface area contributed by atoms with E-state index in [9.17, 15) is 9.90 Å². The lowest BCUT2D eigenvalue weighted by Crippen LogP contribution is -2.29. The van der Waals surface area contributed by atoms with Gasteiger partial charge in [-0.25, -0.2) is 0 Å². The minimum Gasteiger partial charge on any atom is -0.497 e. The van der Waals surface area contributed by atoms with Crippen molar-refractivity contribution in [3.63, 3.8) is 0 Å². The van der Waals surface area contributed by atoms with E-state index in [4.69, 9.17) is 18.9 Å². The van der Waals surface area contributed by atoms with Crippen LogP contribution < -0.4 is 14.2 Å². The zero-order valence-electron chi connectivity index (χ0n) is 22.0. The van der Waals surface area contributed by atoms with Gasteiger partial charge in [0.2, 0.25) is 0 Å². The van der Waals surface area contributed by atoms with Gasteiger partial charge in [0.05, 0.1) is 21.3 Å². The van der Waals surface area contributed by atoms with Gasteiger partial charge in [-0.2, -0.15) is 0 Å². The number of aryl methyl sites for hydroxylation is 1. The first-order chi connectivity index (χ1) is 17.1. The number of aliphatic hydroxyl groups is 1. The molecule has 6 nitrogen and oxygen atoms in total. The van der Waals surface area contributed by atoms with E-state index in [0.717, 1.165) is 5.56 Å². The van der Waals surface area contributed by atoms with Crippen LogP contribution in [0.5, 0.6) is 17.2 Å². The summed E-state index contributed by atoms with van der Waals surface area (Å²) in [6.45, 7) is 5.57. The molecule has 0 atom stereocenters. The van der Waals surface area contributed by atoms with Gasteiger partial charge in [-0.1, -0.05) is 30.3 Å². The van der Waals surface area contributed by atoms with Crippen LogP contribution in [0, 0.1) is 0 Å². The van der Waals surface area contributed by atoms with Gasteiger partial charge in [-0.15, -0.1) is 0 Å². The van der Waals surface area contributed by atoms with Crippen molar-refractivity contribution in [1.82, 2.24) is 0 Å². The van der Waals surface area contributed by atoms with Crippen molar-refractivity contribution >= 4 is 5.97 Å². The lowest BCUT2D eigenvalue weighted by molar-refractivity contribution is -0.154. The molecule has 3 aromatic rings. The maximum Gasteiger partial charge on any atom is 0.306 e. The molecule has 6 heteroatoms. The molecule has 36 heavy (non-hydrogen) atoms. The Labute approximate surface area is 213 Å². The second-order valence-electron chi connectivity index (χ2n) is 9.63. The van der Waals surface area contributed by atoms with Crippen molar-refractivity contribution in [3.8, 4) is 17.2 Å². The molecule has 3 aromatic carbocycles. The number of ether oxygens (including phenoxy) is 4. The third kappa shape index (κ3) is 6.38. The molecule has 0 spiro atoms. The highest BCUT2D eigenvalue weighted by Crippen LogP contribution is 2.39. The maximum atomic E-state index is 12.3. The second kappa shape index (κ2) is 11.5. The molecule has 0 unspecified atom stereocenters. The number of rotatable bonds is 10. The molecule has 0 aliphatic rings. The summed E-state index contributed by atoms with van der Waals surface area (Å²) in [6.07, 6.45) is 1.49. The molecule has 0 fully saturated rings. The van der Waals surface area contributed by atoms with Crippen LogP contribution in [0.4, 0.5) is 0 Å². The van der Waals surface area contributed by atoms with Crippen LogP contribution in [0.1, 0.15) is 55.9 Å². The number of carbonyl (C=O) groups is 1. The van der Waals surface area contributed by atoms with Crippen LogP contribution in [-0.4, -0.2) is 38.0 Å². The fraction of sp³-hybridized carbons (Fsp3) is 0.367. The van der Waals surface area contributed by atoms with E-state index in [0.29, 0.717) is 53.2 Å². The maximum absolute atomic E-state index is 12.3. The lowest BCUT2D eigenvalue weighted by Gasteiger charge is -2.31. The van der Waals surface area contributed by atoms with Gasteiger partial charge >= 0.3 is 5.97 Å². The number of hydrogen-bond donors (Lipinski definition) is 1. The summed E-state index contributed by atoms with van der Waals surface area (Å²) < 4.78 is 21.7. The molecule has 0 aliphatic heterocycles. The Hall–Kier alpha value is -3.51. The molecule has 0 radical (unpaired) electrons. The highest BCUT2D eigenvalue weighted by atomic mass is 16.6. The third-order valence-corrected chi connectivity index (χ3v) is 5.96. The zero-order chi connectivity index (χ0) is 26.3. The van der Waals surface area contributed by atoms with Crippen LogP contribution in [0.25, 0.3) is 0 Å². The number of hydrogen-bond acceptors (Lipinski definition) is 6. The molecule has 0 bridgehead atoms. The monoisotopic (exact) mass is 492 g/mol. The third-order valence-electron chi connectivity index (χ3n) is 5.96. The van der Waals surface area contributed by atoms with E-state index in [1.54, 1.807) is 21.3 Å². The van der Waals surface area contributed by atoms with Crippen LogP contribution >= 0.6 is 0 Å². The summed E-state index contributed by atoms with van der Waals surface area (Å²) in [5.74, 6) is 1.88. The largest absolute Gasteiger partial charge is 0.497 e. The molecule has 0 amide bonds. The molecule has 0 saturated carbocycles. The Bertz CT molecular complexity index is 1100. The van der Waals surface area contributed by atoms with Gasteiger partial charge in [0.25, 0.3) is 0 Å². The molecule has 0 aliphatic carbocycles. The van der Waals surface area contributed by atoms with Gasteiger partial charge in [-0.05, 0) is 92.3 Å². The first-order valence-corrected chi connectivity index (χ1v) is 12.0. The first kappa shape index (κ1) is 27.1. The number of benzene rings is 3. The van der Waals surface area contributed by atoms with Crippen molar-refractivity contribution in [1.29, 1.82) is 0 Å². The van der Waals surface area contributed by atoms with E-state index < -0.39 is 11.2 Å². The van der Waals surface area contributed by atoms with Crippen molar-refractivity contribution in [2.45, 2.75) is 51.2 Å². The van der Waals surface area contributed by atoms with Gasteiger partial charge in [0, 0.05) is 6.42 Å². The topological polar surface area (TPSA) is 74.2 Å². The van der Waals surface area contributed by atoms with Crippen molar-refractivity contribution in [3.05, 3.63) is 89.0 Å². The summed E-state index contributed by atoms with van der Waals surface area (Å²) in [4.78, 5) is 12.2. The van der Waals surface area contributed by atoms with Crippen molar-refractivity contribution in [2.75, 3.05) is 21.3 Å². The minimum absolute atomic E-state index is 0.231. The van der Waals surface area contributed by atoms with Crippen LogP contribution in [0.3, 0.4) is 0 Å². The predicted molar refractivity (Wildman–Crippen MR) is 140 cm³/mol. The minimum atomic E-state index is -1.44. The summed E-state index contributed by atoms with van der Waals surface area (Å²) >= 11 is 0. The van der Waals surface area contributed by atoms with Crippen LogP contribution in [-0.2, 0) is 21.6 Å². The lowest BCUT2D eigenvalue weighted by atomic mass is 9.79. The van der Waals surface area contributed by atoms with Crippen LogP contribution in [0.15, 0.2) is 66.7 Å². The Balaban J connectivity index is 1.99. The smallest absolute Gasteiger partial charge is 0.306 e. The van der Waals surface area contributed by atoms with Gasteiger partial charge in [0.1, 0.15) is 28.5 Å². The Morgan fingerprint density at radius 2 is 1.25 bits per heavy atom. The fourth-order valence-corrected chi connectivity index (χ4v) is 4.18. The predicted octanol–water partition coefficient (Wildman–Crippen LogP) is 5.66. The summed E-state index contributed by atoms with van der Waals surface area (Å²) in [5, 5.41) is 12.3. The SMILES string of the molecule is COc1ccc(C(O)(c2ccc(OC)cc2)c2ccc(OC)c(CCCC(=O)OC(C)(C)C)c2)cc1. The summed E-state index contributed by atoms with van der Waals surface area (Å²) in [6, 6.07) is 20.4.